The third-order valence-electron chi connectivity index (χ3n) is 5.36. The van der Waals surface area contributed by atoms with Crippen LogP contribution in [0.15, 0.2) is 60.1 Å². The minimum absolute atomic E-state index is 0.186. The number of anilines is 1. The number of aromatic nitrogens is 4. The standard InChI is InChI=1S/C24H22FN5S/c1-2-26-24-27-14-13-20(28-24)23-22(16-5-7-17(25)8-6-16)29-21-12-10-18(30(21)23)9-11-19-4-3-15-31-19/h3-9,11,13-15,18H,2,10,12H2,1H3,(H,26,27,28). The van der Waals surface area contributed by atoms with E-state index in [0.717, 1.165) is 47.9 Å². The summed E-state index contributed by atoms with van der Waals surface area (Å²) in [5, 5.41) is 5.27. The Hall–Kier alpha value is -3.32. The Labute approximate surface area is 184 Å². The lowest BCUT2D eigenvalue weighted by molar-refractivity contribution is 0.628. The van der Waals surface area contributed by atoms with Crippen LogP contribution >= 0.6 is 11.3 Å². The summed E-state index contributed by atoms with van der Waals surface area (Å²) in [5.41, 5.74) is 3.45. The molecule has 31 heavy (non-hydrogen) atoms. The van der Waals surface area contributed by atoms with Gasteiger partial charge >= 0.3 is 0 Å². The van der Waals surface area contributed by atoms with E-state index in [1.807, 2.05) is 13.0 Å². The van der Waals surface area contributed by atoms with Crippen LogP contribution in [0.5, 0.6) is 0 Å². The number of nitrogens with zero attached hydrogens (tertiary/aromatic N) is 4. The summed E-state index contributed by atoms with van der Waals surface area (Å²) in [5.74, 6) is 1.35. The molecule has 0 spiro atoms. The zero-order valence-corrected chi connectivity index (χ0v) is 17.9. The van der Waals surface area contributed by atoms with Crippen molar-refractivity contribution in [1.82, 2.24) is 19.5 Å². The summed E-state index contributed by atoms with van der Waals surface area (Å²) in [7, 11) is 0. The van der Waals surface area contributed by atoms with Crippen molar-refractivity contribution in [2.75, 3.05) is 11.9 Å². The molecule has 4 aromatic rings. The van der Waals surface area contributed by atoms with Gasteiger partial charge in [-0.05, 0) is 61.2 Å². The topological polar surface area (TPSA) is 55.6 Å². The van der Waals surface area contributed by atoms with Crippen molar-refractivity contribution in [3.8, 4) is 22.6 Å². The first-order chi connectivity index (χ1) is 15.2. The molecule has 5 rings (SSSR count). The Balaban J connectivity index is 1.64. The van der Waals surface area contributed by atoms with Crippen molar-refractivity contribution in [3.63, 3.8) is 0 Å². The summed E-state index contributed by atoms with van der Waals surface area (Å²) in [6.07, 6.45) is 8.06. The summed E-state index contributed by atoms with van der Waals surface area (Å²) in [6.45, 7) is 2.76. The van der Waals surface area contributed by atoms with E-state index in [1.165, 1.54) is 17.0 Å². The van der Waals surface area contributed by atoms with Gasteiger partial charge in [0.15, 0.2) is 0 Å². The fourth-order valence-corrected chi connectivity index (χ4v) is 4.61. The molecule has 1 aliphatic rings. The average molecular weight is 432 g/mol. The van der Waals surface area contributed by atoms with Crippen molar-refractivity contribution in [2.24, 2.45) is 0 Å². The molecular weight excluding hydrogens is 409 g/mol. The number of hydrogen-bond acceptors (Lipinski definition) is 5. The number of aryl methyl sites for hydroxylation is 1. The highest BCUT2D eigenvalue weighted by molar-refractivity contribution is 7.10. The van der Waals surface area contributed by atoms with Gasteiger partial charge in [-0.3, -0.25) is 0 Å². The van der Waals surface area contributed by atoms with Gasteiger partial charge in [-0.25, -0.2) is 19.3 Å². The highest BCUT2D eigenvalue weighted by Gasteiger charge is 2.29. The van der Waals surface area contributed by atoms with Gasteiger partial charge in [0.2, 0.25) is 5.95 Å². The van der Waals surface area contributed by atoms with E-state index < -0.39 is 0 Å². The van der Waals surface area contributed by atoms with Crippen LogP contribution in [0.1, 0.15) is 30.1 Å². The Bertz CT molecular complexity index is 1210. The largest absolute Gasteiger partial charge is 0.354 e. The van der Waals surface area contributed by atoms with Crippen LogP contribution in [0.4, 0.5) is 10.3 Å². The monoisotopic (exact) mass is 431 g/mol. The Morgan fingerprint density at radius 2 is 2.06 bits per heavy atom. The molecule has 1 aliphatic heterocycles. The second kappa shape index (κ2) is 8.43. The lowest BCUT2D eigenvalue weighted by Gasteiger charge is -2.14. The summed E-state index contributed by atoms with van der Waals surface area (Å²) < 4.78 is 15.8. The van der Waals surface area contributed by atoms with Gasteiger partial charge in [0.05, 0.1) is 23.1 Å². The molecule has 1 atom stereocenters. The van der Waals surface area contributed by atoms with Crippen LogP contribution in [0.2, 0.25) is 0 Å². The maximum atomic E-state index is 13.6. The number of thiophene rings is 1. The van der Waals surface area contributed by atoms with Gasteiger partial charge < -0.3 is 9.88 Å². The second-order valence-corrected chi connectivity index (χ2v) is 8.36. The highest BCUT2D eigenvalue weighted by Crippen LogP contribution is 2.40. The molecule has 1 unspecified atom stereocenters. The van der Waals surface area contributed by atoms with E-state index in [-0.39, 0.29) is 11.9 Å². The fourth-order valence-electron chi connectivity index (χ4n) is 3.98. The first-order valence-electron chi connectivity index (χ1n) is 10.4. The number of halogens is 1. The van der Waals surface area contributed by atoms with Crippen LogP contribution < -0.4 is 5.32 Å². The van der Waals surface area contributed by atoms with Gasteiger partial charge in [0, 0.05) is 29.6 Å². The molecular formula is C24H22FN5S. The molecule has 0 amide bonds. The first-order valence-corrected chi connectivity index (χ1v) is 11.3. The third-order valence-corrected chi connectivity index (χ3v) is 6.19. The van der Waals surface area contributed by atoms with Crippen LogP contribution in [0.25, 0.3) is 28.7 Å². The number of hydrogen-bond donors (Lipinski definition) is 1. The normalized spacial score (nSPS) is 15.5. The quantitative estimate of drug-likeness (QED) is 0.417. The Morgan fingerprint density at radius 3 is 2.84 bits per heavy atom. The highest BCUT2D eigenvalue weighted by atomic mass is 32.1. The van der Waals surface area contributed by atoms with E-state index in [0.29, 0.717) is 5.95 Å². The molecule has 5 nitrogen and oxygen atoms in total. The smallest absolute Gasteiger partial charge is 0.223 e. The van der Waals surface area contributed by atoms with Gasteiger partial charge in [-0.1, -0.05) is 12.1 Å². The number of allylic oxidation sites excluding steroid dienone is 1. The van der Waals surface area contributed by atoms with E-state index in [4.69, 9.17) is 9.97 Å². The van der Waals surface area contributed by atoms with E-state index in [2.05, 4.69) is 44.5 Å². The van der Waals surface area contributed by atoms with Gasteiger partial charge in [-0.15, -0.1) is 11.3 Å². The predicted octanol–water partition coefficient (Wildman–Crippen LogP) is 5.84. The molecule has 3 aromatic heterocycles. The lowest BCUT2D eigenvalue weighted by Crippen LogP contribution is -2.06. The minimum Gasteiger partial charge on any atom is -0.354 e. The lowest BCUT2D eigenvalue weighted by atomic mass is 10.1. The second-order valence-electron chi connectivity index (χ2n) is 7.38. The molecule has 0 aliphatic carbocycles. The van der Waals surface area contributed by atoms with Crippen LogP contribution in [-0.4, -0.2) is 26.1 Å². The average Bonchev–Trinajstić information content (AvgIpc) is 3.51. The Morgan fingerprint density at radius 1 is 1.19 bits per heavy atom. The maximum absolute atomic E-state index is 13.6. The minimum atomic E-state index is -0.259. The first kappa shape index (κ1) is 19.6. The maximum Gasteiger partial charge on any atom is 0.223 e. The van der Waals surface area contributed by atoms with Crippen molar-refractivity contribution in [3.05, 3.63) is 76.6 Å². The van der Waals surface area contributed by atoms with E-state index in [1.54, 1.807) is 29.7 Å². The zero-order chi connectivity index (χ0) is 21.2. The van der Waals surface area contributed by atoms with Crippen molar-refractivity contribution in [1.29, 1.82) is 0 Å². The summed E-state index contributed by atoms with van der Waals surface area (Å²) in [4.78, 5) is 15.3. The number of fused-ring (bicyclic) bond motifs is 1. The summed E-state index contributed by atoms with van der Waals surface area (Å²) >= 11 is 1.72. The molecule has 0 saturated carbocycles. The fraction of sp³-hybridized carbons (Fsp3) is 0.208. The van der Waals surface area contributed by atoms with Crippen molar-refractivity contribution < 1.29 is 4.39 Å². The Kier molecular flexibility index (Phi) is 5.34. The molecule has 1 N–H and O–H groups in total. The van der Waals surface area contributed by atoms with Crippen molar-refractivity contribution >= 4 is 23.4 Å². The summed E-state index contributed by atoms with van der Waals surface area (Å²) in [6, 6.07) is 12.8. The van der Waals surface area contributed by atoms with Gasteiger partial charge in [0.25, 0.3) is 0 Å². The number of benzene rings is 1. The zero-order valence-electron chi connectivity index (χ0n) is 17.1. The SMILES string of the molecule is CCNc1nccc(-c2c(-c3ccc(F)cc3)nc3n2C(C=Cc2cccs2)CC3)n1. The molecule has 7 heteroatoms. The van der Waals surface area contributed by atoms with E-state index >= 15 is 0 Å². The molecule has 156 valence electrons. The van der Waals surface area contributed by atoms with E-state index in [9.17, 15) is 4.39 Å². The number of rotatable bonds is 6. The van der Waals surface area contributed by atoms with Crippen molar-refractivity contribution in [2.45, 2.75) is 25.8 Å². The van der Waals surface area contributed by atoms with Gasteiger partial charge in [-0.2, -0.15) is 0 Å². The third kappa shape index (κ3) is 3.88. The predicted molar refractivity (Wildman–Crippen MR) is 124 cm³/mol. The molecule has 0 bridgehead atoms. The molecule has 1 aromatic carbocycles. The van der Waals surface area contributed by atoms with Crippen LogP contribution in [-0.2, 0) is 6.42 Å². The van der Waals surface area contributed by atoms with Crippen LogP contribution in [0.3, 0.4) is 0 Å². The van der Waals surface area contributed by atoms with Crippen LogP contribution in [0, 0.1) is 5.82 Å². The molecule has 0 saturated heterocycles. The number of imidazole rings is 1. The molecule has 0 radical (unpaired) electrons. The molecule has 4 heterocycles. The molecule has 0 fully saturated rings. The van der Waals surface area contributed by atoms with Gasteiger partial charge in [0.1, 0.15) is 11.6 Å². The number of nitrogens with one attached hydrogen (secondary N) is 1.